The van der Waals surface area contributed by atoms with Crippen LogP contribution >= 0.6 is 12.4 Å². The lowest BCUT2D eigenvalue weighted by Crippen LogP contribution is -2.36. The van der Waals surface area contributed by atoms with Crippen LogP contribution in [-0.4, -0.2) is 81.4 Å². The Morgan fingerprint density at radius 3 is 1.47 bits per heavy atom. The number of nitrogens with two attached hydrogens (primary N) is 1. The van der Waals surface area contributed by atoms with E-state index >= 15 is 0 Å². The summed E-state index contributed by atoms with van der Waals surface area (Å²) in [7, 11) is 0. The SMILES string of the molecule is CCCO.CCN(C(C)C)C(C)C.Cl.N#Cc1ccc(F)nc1.N#Cc1ccc(NC2CCCC2)nc1.N#Cc1ccc(N[C@@H]2CCNC2)nc1.NC1CCCC1. The highest BCUT2D eigenvalue weighted by molar-refractivity contribution is 5.85. The maximum Gasteiger partial charge on any atom is 0.212 e. The van der Waals surface area contributed by atoms with Gasteiger partial charge in [0.25, 0.3) is 0 Å². The molecule has 3 aliphatic rings. The van der Waals surface area contributed by atoms with Crippen molar-refractivity contribution in [2.45, 2.75) is 136 Å². The Morgan fingerprint density at radius 1 is 0.754 bits per heavy atom. The van der Waals surface area contributed by atoms with Crippen molar-refractivity contribution >= 4 is 24.0 Å². The number of nitrogens with zero attached hydrogens (tertiary/aromatic N) is 7. The van der Waals surface area contributed by atoms with Crippen molar-refractivity contribution in [1.29, 1.82) is 15.8 Å². The van der Waals surface area contributed by atoms with Gasteiger partial charge >= 0.3 is 0 Å². The summed E-state index contributed by atoms with van der Waals surface area (Å²) in [6.45, 7) is 16.6. The smallest absolute Gasteiger partial charge is 0.212 e. The Balaban J connectivity index is 0.000000687. The Morgan fingerprint density at radius 2 is 1.19 bits per heavy atom. The van der Waals surface area contributed by atoms with Crippen molar-refractivity contribution < 1.29 is 9.50 Å². The van der Waals surface area contributed by atoms with Crippen LogP contribution in [0.25, 0.3) is 0 Å². The molecule has 0 bridgehead atoms. The van der Waals surface area contributed by atoms with Crippen LogP contribution in [0.3, 0.4) is 0 Å². The van der Waals surface area contributed by atoms with Gasteiger partial charge in [-0.25, -0.2) is 15.0 Å². The molecule has 0 unspecified atom stereocenters. The summed E-state index contributed by atoms with van der Waals surface area (Å²) in [5.41, 5.74) is 7.12. The molecule has 12 nitrogen and oxygen atoms in total. The molecular formula is C43H67ClFN11O. The maximum absolute atomic E-state index is 12.0. The summed E-state index contributed by atoms with van der Waals surface area (Å²) in [4.78, 5) is 14.1. The van der Waals surface area contributed by atoms with E-state index in [-0.39, 0.29) is 12.4 Å². The zero-order chi connectivity index (χ0) is 41.6. The van der Waals surface area contributed by atoms with Gasteiger partial charge in [-0.05, 0) is 116 Å². The summed E-state index contributed by atoms with van der Waals surface area (Å²) in [6.07, 6.45) is 16.7. The summed E-state index contributed by atoms with van der Waals surface area (Å²) in [5, 5.41) is 43.2. The molecule has 1 saturated heterocycles. The van der Waals surface area contributed by atoms with E-state index in [9.17, 15) is 4.39 Å². The largest absolute Gasteiger partial charge is 0.396 e. The topological polar surface area (TPSA) is 196 Å². The van der Waals surface area contributed by atoms with Gasteiger partial charge in [0, 0.05) is 62.0 Å². The summed E-state index contributed by atoms with van der Waals surface area (Å²) in [6, 6.07) is 18.7. The second kappa shape index (κ2) is 32.6. The lowest BCUT2D eigenvalue weighted by molar-refractivity contribution is 0.185. The number of rotatable bonds is 8. The molecule has 2 aliphatic carbocycles. The molecule has 1 aliphatic heterocycles. The minimum Gasteiger partial charge on any atom is -0.396 e. The van der Waals surface area contributed by atoms with Gasteiger partial charge < -0.3 is 26.8 Å². The maximum atomic E-state index is 12.0. The normalized spacial score (nSPS) is 15.5. The minimum atomic E-state index is -0.561. The van der Waals surface area contributed by atoms with E-state index < -0.39 is 5.95 Å². The predicted octanol–water partition coefficient (Wildman–Crippen LogP) is 7.95. The molecule has 314 valence electrons. The zero-order valence-electron chi connectivity index (χ0n) is 34.9. The van der Waals surface area contributed by atoms with E-state index in [0.717, 1.165) is 50.2 Å². The summed E-state index contributed by atoms with van der Waals surface area (Å²) < 4.78 is 12.0. The van der Waals surface area contributed by atoms with Crippen molar-refractivity contribution in [3.05, 3.63) is 77.6 Å². The third kappa shape index (κ3) is 24.7. The average Bonchev–Trinajstić information content (AvgIpc) is 4.03. The number of aliphatic hydroxyl groups is 1. The second-order valence-corrected chi connectivity index (χ2v) is 14.3. The van der Waals surface area contributed by atoms with Crippen LogP contribution < -0.4 is 21.7 Å². The van der Waals surface area contributed by atoms with Crippen LogP contribution in [-0.2, 0) is 0 Å². The van der Waals surface area contributed by atoms with Crippen molar-refractivity contribution in [3.8, 4) is 18.2 Å². The highest BCUT2D eigenvalue weighted by atomic mass is 35.5. The number of anilines is 2. The van der Waals surface area contributed by atoms with Gasteiger partial charge in [0.2, 0.25) is 5.95 Å². The van der Waals surface area contributed by atoms with E-state index in [4.69, 9.17) is 26.6 Å². The molecule has 2 saturated carbocycles. The number of hydrogen-bond acceptors (Lipinski definition) is 12. The first-order chi connectivity index (χ1) is 27.0. The Kier molecular flexibility index (Phi) is 30.1. The van der Waals surface area contributed by atoms with Crippen LogP contribution in [0.4, 0.5) is 16.0 Å². The van der Waals surface area contributed by atoms with Gasteiger partial charge in [0.1, 0.15) is 29.8 Å². The van der Waals surface area contributed by atoms with E-state index in [1.54, 1.807) is 24.5 Å². The lowest BCUT2D eigenvalue weighted by Gasteiger charge is -2.28. The molecule has 1 atom stereocenters. The number of halogens is 2. The highest BCUT2D eigenvalue weighted by Crippen LogP contribution is 2.21. The molecule has 3 aromatic heterocycles. The van der Waals surface area contributed by atoms with E-state index in [2.05, 4.69) is 76.5 Å². The van der Waals surface area contributed by atoms with Crippen LogP contribution in [0.5, 0.6) is 0 Å². The van der Waals surface area contributed by atoms with Crippen molar-refractivity contribution in [3.63, 3.8) is 0 Å². The fourth-order valence-corrected chi connectivity index (χ4v) is 6.08. The van der Waals surface area contributed by atoms with Gasteiger partial charge in [0.15, 0.2) is 0 Å². The quantitative estimate of drug-likeness (QED) is 0.138. The number of nitrogens with one attached hydrogen (secondary N) is 3. The number of nitriles is 3. The van der Waals surface area contributed by atoms with Crippen LogP contribution in [0.15, 0.2) is 55.0 Å². The molecule has 0 amide bonds. The molecule has 6 rings (SSSR count). The monoisotopic (exact) mass is 808 g/mol. The fourth-order valence-electron chi connectivity index (χ4n) is 6.08. The molecule has 6 N–H and O–H groups in total. The Hall–Kier alpha value is -4.42. The standard InChI is InChI=1S/C11H13N3.C10H12N4.C8H19N.C6H3FN2.C5H11N.C3H8O.ClH/c12-7-9-5-6-11(13-8-9)14-10-3-1-2-4-10;11-5-8-1-2-10(13-6-8)14-9-3-4-12-7-9;1-6-9(7(2)3)8(4)5;7-6-2-1-5(3-8)4-9-6;6-5-3-1-2-4-5;1-2-3-4;/h5-6,8,10H,1-4H2,(H,13,14);1-2,6,9,12H,3-4,7H2,(H,13,14);7-8H,6H2,1-5H3;1-2,4H;5H,1-4,6H2;4H,2-3H2,1H3;1H/t;9-;;;;;/m.1...../s1. The molecule has 0 spiro atoms. The molecular weight excluding hydrogens is 741 g/mol. The van der Waals surface area contributed by atoms with Crippen molar-refractivity contribution in [2.24, 2.45) is 5.73 Å². The first-order valence-electron chi connectivity index (χ1n) is 20.1. The molecule has 4 heterocycles. The number of aliphatic hydroxyl groups excluding tert-OH is 1. The number of hydrogen-bond donors (Lipinski definition) is 5. The van der Waals surface area contributed by atoms with Crippen LogP contribution in [0.1, 0.15) is 122 Å². The predicted molar refractivity (Wildman–Crippen MR) is 231 cm³/mol. The molecule has 3 aromatic rings. The van der Waals surface area contributed by atoms with E-state index in [0.29, 0.717) is 53.5 Å². The van der Waals surface area contributed by atoms with Crippen LogP contribution in [0, 0.1) is 39.9 Å². The number of aromatic nitrogens is 3. The second-order valence-electron chi connectivity index (χ2n) is 14.3. The first-order valence-corrected chi connectivity index (χ1v) is 20.1. The average molecular weight is 809 g/mol. The molecule has 3 fully saturated rings. The van der Waals surface area contributed by atoms with Gasteiger partial charge in [-0.15, -0.1) is 12.4 Å². The van der Waals surface area contributed by atoms with Gasteiger partial charge in [0.05, 0.1) is 16.7 Å². The van der Waals surface area contributed by atoms with Crippen LogP contribution in [0.2, 0.25) is 0 Å². The third-order valence-corrected chi connectivity index (χ3v) is 9.08. The molecule has 14 heteroatoms. The van der Waals surface area contributed by atoms with E-state index in [1.165, 1.54) is 63.6 Å². The highest BCUT2D eigenvalue weighted by Gasteiger charge is 2.15. The minimum absolute atomic E-state index is 0. The molecule has 57 heavy (non-hydrogen) atoms. The Labute approximate surface area is 347 Å². The Bertz CT molecular complexity index is 1460. The molecule has 0 aromatic carbocycles. The first kappa shape index (κ1) is 52.6. The van der Waals surface area contributed by atoms with Crippen molar-refractivity contribution in [2.75, 3.05) is 36.9 Å². The van der Waals surface area contributed by atoms with Gasteiger partial charge in [-0.1, -0.05) is 39.5 Å². The molecule has 0 radical (unpaired) electrons. The summed E-state index contributed by atoms with van der Waals surface area (Å²) >= 11 is 0. The van der Waals surface area contributed by atoms with Crippen molar-refractivity contribution in [1.82, 2.24) is 25.2 Å². The summed E-state index contributed by atoms with van der Waals surface area (Å²) in [5.74, 6) is 1.17. The third-order valence-electron chi connectivity index (χ3n) is 9.08. The number of pyridine rings is 3. The van der Waals surface area contributed by atoms with E-state index in [1.807, 2.05) is 31.2 Å². The van der Waals surface area contributed by atoms with Gasteiger partial charge in [-0.2, -0.15) is 20.2 Å². The van der Waals surface area contributed by atoms with Gasteiger partial charge in [-0.3, -0.25) is 4.90 Å². The zero-order valence-corrected chi connectivity index (χ0v) is 35.7. The fraction of sp³-hybridized carbons (Fsp3) is 0.581. The lowest BCUT2D eigenvalue weighted by atomic mass is 10.2.